The van der Waals surface area contributed by atoms with E-state index >= 15 is 0 Å². The second kappa shape index (κ2) is 13.5. The van der Waals surface area contributed by atoms with Crippen LogP contribution >= 0.6 is 0 Å². The maximum atomic E-state index is 2.31. The highest BCUT2D eigenvalue weighted by molar-refractivity contribution is 4.64. The molecule has 0 aromatic carbocycles. The molecule has 0 radical (unpaired) electrons. The fraction of sp³-hybridized carbons (Fsp3) is 0.824. The van der Waals surface area contributed by atoms with Gasteiger partial charge in [0.1, 0.15) is 12.4 Å². The van der Waals surface area contributed by atoms with Crippen molar-refractivity contribution in [2.45, 2.75) is 91.1 Å². The van der Waals surface area contributed by atoms with Gasteiger partial charge in [-0.3, -0.25) is 0 Å². The maximum absolute atomic E-state index is 2.31. The molecule has 0 fully saturated rings. The van der Waals surface area contributed by atoms with E-state index in [-0.39, 0.29) is 12.4 Å². The lowest BCUT2D eigenvalue weighted by atomic mass is 10.1. The number of imidazole rings is 1. The van der Waals surface area contributed by atoms with Crippen molar-refractivity contribution in [3.63, 3.8) is 0 Å². The number of aromatic nitrogens is 2. The molecule has 1 heterocycles. The lowest BCUT2D eigenvalue weighted by Crippen LogP contribution is -3.00. The number of unbranched alkanes of at least 4 members (excludes halogenated alkanes) is 9. The molecule has 1 aromatic heterocycles. The summed E-state index contributed by atoms with van der Waals surface area (Å²) in [5.41, 5.74) is 0. The zero-order valence-electron chi connectivity index (χ0n) is 13.5. The summed E-state index contributed by atoms with van der Waals surface area (Å²) in [4.78, 5) is 0. The van der Waals surface area contributed by atoms with Crippen LogP contribution in [-0.4, -0.2) is 4.57 Å². The minimum atomic E-state index is 0. The van der Waals surface area contributed by atoms with Crippen LogP contribution in [0.2, 0.25) is 0 Å². The minimum Gasteiger partial charge on any atom is -1.00 e. The minimum absolute atomic E-state index is 0. The van der Waals surface area contributed by atoms with E-state index in [9.17, 15) is 0 Å². The molecule has 20 heavy (non-hydrogen) atoms. The molecule has 0 atom stereocenters. The Morgan fingerprint density at radius 3 is 1.85 bits per heavy atom. The van der Waals surface area contributed by atoms with E-state index < -0.39 is 0 Å². The first-order valence-corrected chi connectivity index (χ1v) is 8.41. The van der Waals surface area contributed by atoms with Crippen LogP contribution in [0.25, 0.3) is 0 Å². The maximum Gasteiger partial charge on any atom is 0.243 e. The summed E-state index contributed by atoms with van der Waals surface area (Å²) in [5, 5.41) is 0. The first kappa shape index (κ1) is 19.5. The highest BCUT2D eigenvalue weighted by Crippen LogP contribution is 2.10. The smallest absolute Gasteiger partial charge is 0.243 e. The Bertz CT molecular complexity index is 310. The van der Waals surface area contributed by atoms with Crippen LogP contribution in [-0.2, 0) is 13.1 Å². The van der Waals surface area contributed by atoms with E-state index in [0.29, 0.717) is 0 Å². The molecule has 0 spiro atoms. The molecule has 118 valence electrons. The fourth-order valence-corrected chi connectivity index (χ4v) is 2.54. The predicted octanol–water partition coefficient (Wildman–Crippen LogP) is 1.72. The molecule has 1 aromatic rings. The number of hydrogen-bond donors (Lipinski definition) is 0. The molecular weight excluding hydrogens is 268 g/mol. The first-order chi connectivity index (χ1) is 9.36. The largest absolute Gasteiger partial charge is 1.00 e. The average Bonchev–Trinajstić information content (AvgIpc) is 2.89. The van der Waals surface area contributed by atoms with Crippen molar-refractivity contribution in [1.82, 2.24) is 4.57 Å². The summed E-state index contributed by atoms with van der Waals surface area (Å²) in [7, 11) is 0. The van der Waals surface area contributed by atoms with Gasteiger partial charge in [0.2, 0.25) is 6.33 Å². The molecule has 3 heteroatoms. The van der Waals surface area contributed by atoms with Crippen molar-refractivity contribution in [2.24, 2.45) is 0 Å². The summed E-state index contributed by atoms with van der Waals surface area (Å²) < 4.78 is 4.55. The summed E-state index contributed by atoms with van der Waals surface area (Å²) in [6, 6.07) is 0. The molecule has 0 amide bonds. The van der Waals surface area contributed by atoms with Crippen molar-refractivity contribution in [2.75, 3.05) is 0 Å². The van der Waals surface area contributed by atoms with Crippen LogP contribution in [0.5, 0.6) is 0 Å². The average molecular weight is 301 g/mol. The van der Waals surface area contributed by atoms with E-state index in [2.05, 4.69) is 41.7 Å². The predicted molar refractivity (Wildman–Crippen MR) is 82.1 cm³/mol. The Morgan fingerprint density at radius 2 is 1.35 bits per heavy atom. The second-order valence-electron chi connectivity index (χ2n) is 5.66. The highest BCUT2D eigenvalue weighted by atomic mass is 35.5. The van der Waals surface area contributed by atoms with Crippen LogP contribution in [0.1, 0.15) is 78.1 Å². The third-order valence-corrected chi connectivity index (χ3v) is 3.88. The molecule has 0 unspecified atom stereocenters. The van der Waals surface area contributed by atoms with E-state index in [1.165, 1.54) is 70.8 Å². The molecule has 2 nitrogen and oxygen atoms in total. The van der Waals surface area contributed by atoms with Gasteiger partial charge in [-0.15, -0.1) is 0 Å². The Hall–Kier alpha value is -0.500. The third-order valence-electron chi connectivity index (χ3n) is 3.88. The standard InChI is InChI=1S/C17H33N2.ClH/c1-3-5-6-7-8-9-10-11-12-13-14-19-16-15-18(4-2)17-19;/h15-17H,3-14H2,1-2H3;1H/q+1;/p-1. The first-order valence-electron chi connectivity index (χ1n) is 8.41. The zero-order valence-corrected chi connectivity index (χ0v) is 14.2. The molecular formula is C17H33ClN2. The van der Waals surface area contributed by atoms with Gasteiger partial charge in [0.15, 0.2) is 0 Å². The molecule has 0 aliphatic carbocycles. The van der Waals surface area contributed by atoms with Gasteiger partial charge in [-0.25, -0.2) is 9.13 Å². The van der Waals surface area contributed by atoms with E-state index in [1.54, 1.807) is 0 Å². The summed E-state index contributed by atoms with van der Waals surface area (Å²) >= 11 is 0. The van der Waals surface area contributed by atoms with Gasteiger partial charge in [-0.05, 0) is 19.8 Å². The molecule has 1 rings (SSSR count). The van der Waals surface area contributed by atoms with E-state index in [0.717, 1.165) is 6.54 Å². The van der Waals surface area contributed by atoms with E-state index in [1.807, 2.05) is 0 Å². The molecule has 0 aliphatic heterocycles. The molecule has 0 N–H and O–H groups in total. The molecule has 0 saturated heterocycles. The Morgan fingerprint density at radius 1 is 0.800 bits per heavy atom. The summed E-state index contributed by atoms with van der Waals surface area (Å²) in [6.45, 7) is 6.73. The van der Waals surface area contributed by atoms with Gasteiger partial charge in [0.25, 0.3) is 0 Å². The summed E-state index contributed by atoms with van der Waals surface area (Å²) in [5.74, 6) is 0. The molecule has 0 aliphatic rings. The van der Waals surface area contributed by atoms with Crippen molar-refractivity contribution < 1.29 is 17.0 Å². The van der Waals surface area contributed by atoms with Crippen LogP contribution in [0, 0.1) is 0 Å². The van der Waals surface area contributed by atoms with Crippen LogP contribution < -0.4 is 17.0 Å². The highest BCUT2D eigenvalue weighted by Gasteiger charge is 2.00. The van der Waals surface area contributed by atoms with Gasteiger partial charge in [-0.2, -0.15) is 0 Å². The lowest BCUT2D eigenvalue weighted by Gasteiger charge is -2.01. The van der Waals surface area contributed by atoms with Crippen molar-refractivity contribution >= 4 is 0 Å². The number of hydrogen-bond acceptors (Lipinski definition) is 0. The number of halogens is 1. The molecule has 0 bridgehead atoms. The van der Waals surface area contributed by atoms with Gasteiger partial charge >= 0.3 is 0 Å². The van der Waals surface area contributed by atoms with Crippen LogP contribution in [0.15, 0.2) is 18.7 Å². The van der Waals surface area contributed by atoms with Gasteiger partial charge in [0.05, 0.1) is 13.1 Å². The lowest BCUT2D eigenvalue weighted by molar-refractivity contribution is -0.696. The van der Waals surface area contributed by atoms with Gasteiger partial charge < -0.3 is 12.4 Å². The van der Waals surface area contributed by atoms with Crippen molar-refractivity contribution in [3.05, 3.63) is 18.7 Å². The Balaban J connectivity index is 0.00000361. The quantitative estimate of drug-likeness (QED) is 0.411. The summed E-state index contributed by atoms with van der Waals surface area (Å²) in [6.07, 6.45) is 20.7. The third kappa shape index (κ3) is 9.41. The van der Waals surface area contributed by atoms with Crippen molar-refractivity contribution in [1.29, 1.82) is 0 Å². The zero-order chi connectivity index (χ0) is 13.8. The monoisotopic (exact) mass is 300 g/mol. The second-order valence-corrected chi connectivity index (χ2v) is 5.66. The molecule has 0 saturated carbocycles. The van der Waals surface area contributed by atoms with Crippen LogP contribution in [0.4, 0.5) is 0 Å². The van der Waals surface area contributed by atoms with Gasteiger partial charge in [0, 0.05) is 0 Å². The number of rotatable bonds is 12. The van der Waals surface area contributed by atoms with Crippen molar-refractivity contribution in [3.8, 4) is 0 Å². The van der Waals surface area contributed by atoms with Crippen LogP contribution in [0.3, 0.4) is 0 Å². The normalized spacial score (nSPS) is 10.5. The SMILES string of the molecule is CCCCCCCCCCCC[n+]1ccn(CC)c1.[Cl-]. The Kier molecular flexibility index (Phi) is 13.1. The van der Waals surface area contributed by atoms with E-state index in [4.69, 9.17) is 0 Å². The number of nitrogens with zero attached hydrogens (tertiary/aromatic N) is 2. The Labute approximate surface area is 132 Å². The van der Waals surface area contributed by atoms with Gasteiger partial charge in [-0.1, -0.05) is 58.3 Å². The number of aryl methyl sites for hydroxylation is 2. The topological polar surface area (TPSA) is 8.81 Å². The fourth-order valence-electron chi connectivity index (χ4n) is 2.54.